The molecule has 3 aromatic carbocycles. The first-order valence-corrected chi connectivity index (χ1v) is 10.4. The van der Waals surface area contributed by atoms with Crippen molar-refractivity contribution >= 4 is 40.1 Å². The second kappa shape index (κ2) is 9.82. The number of carbonyl (C=O) groups excluding carboxylic acids is 1. The van der Waals surface area contributed by atoms with Crippen LogP contribution in [0.2, 0.25) is 0 Å². The summed E-state index contributed by atoms with van der Waals surface area (Å²) in [5.41, 5.74) is 4.32. The molecule has 33 heavy (non-hydrogen) atoms. The molecule has 166 valence electrons. The van der Waals surface area contributed by atoms with Crippen molar-refractivity contribution in [3.63, 3.8) is 0 Å². The van der Waals surface area contributed by atoms with E-state index in [-0.39, 0.29) is 5.91 Å². The molecular formula is C26H24N4O3. The standard InChI is InChI=1S/C26H24N4O3/c1-17-6-4-5-7-21(17)30-25(31)13-10-18-8-11-19(12-9-18)29-26-20-14-23(32-2)24(33-3)15-22(20)27-16-28-26/h4-16H,1-3H3,(H,30,31)(H,27,28,29). The smallest absolute Gasteiger partial charge is 0.248 e. The summed E-state index contributed by atoms with van der Waals surface area (Å²) in [6, 6.07) is 19.0. The quantitative estimate of drug-likeness (QED) is 0.377. The first-order chi connectivity index (χ1) is 16.1. The van der Waals surface area contributed by atoms with Gasteiger partial charge in [-0.1, -0.05) is 30.3 Å². The van der Waals surface area contributed by atoms with Crippen LogP contribution in [0.3, 0.4) is 0 Å². The zero-order valence-corrected chi connectivity index (χ0v) is 18.6. The van der Waals surface area contributed by atoms with Crippen molar-refractivity contribution in [3.05, 3.63) is 84.2 Å². The summed E-state index contributed by atoms with van der Waals surface area (Å²) in [6.45, 7) is 1.96. The Labute approximate surface area is 192 Å². The highest BCUT2D eigenvalue weighted by molar-refractivity contribution is 6.02. The number of methoxy groups -OCH3 is 2. The highest BCUT2D eigenvalue weighted by Gasteiger charge is 2.11. The van der Waals surface area contributed by atoms with Gasteiger partial charge in [0.15, 0.2) is 11.5 Å². The average molecular weight is 441 g/mol. The lowest BCUT2D eigenvalue weighted by Crippen LogP contribution is -2.08. The zero-order valence-electron chi connectivity index (χ0n) is 18.6. The number of hydrogen-bond acceptors (Lipinski definition) is 6. The van der Waals surface area contributed by atoms with Crippen molar-refractivity contribution in [1.82, 2.24) is 9.97 Å². The average Bonchev–Trinajstić information content (AvgIpc) is 2.84. The molecule has 0 aliphatic rings. The topological polar surface area (TPSA) is 85.4 Å². The van der Waals surface area contributed by atoms with E-state index in [1.165, 1.54) is 12.4 Å². The SMILES string of the molecule is COc1cc2ncnc(Nc3ccc(C=CC(=O)Nc4ccccc4C)cc3)c2cc1OC. The molecule has 7 heteroatoms. The molecule has 1 amide bonds. The molecule has 0 spiro atoms. The first kappa shape index (κ1) is 21.8. The van der Waals surface area contributed by atoms with Gasteiger partial charge >= 0.3 is 0 Å². The van der Waals surface area contributed by atoms with Crippen molar-refractivity contribution in [2.24, 2.45) is 0 Å². The fourth-order valence-electron chi connectivity index (χ4n) is 3.36. The Morgan fingerprint density at radius 2 is 1.67 bits per heavy atom. The third kappa shape index (κ3) is 5.10. The lowest BCUT2D eigenvalue weighted by atomic mass is 10.1. The molecule has 0 saturated heterocycles. The molecule has 0 fully saturated rings. The van der Waals surface area contributed by atoms with Crippen molar-refractivity contribution in [3.8, 4) is 11.5 Å². The van der Waals surface area contributed by atoms with Gasteiger partial charge in [-0.15, -0.1) is 0 Å². The Bertz CT molecular complexity index is 1320. The van der Waals surface area contributed by atoms with Crippen LogP contribution in [0, 0.1) is 6.92 Å². The molecule has 0 atom stereocenters. The normalized spacial score (nSPS) is 10.9. The number of nitrogens with zero attached hydrogens (tertiary/aromatic N) is 2. The molecule has 0 unspecified atom stereocenters. The molecule has 2 N–H and O–H groups in total. The van der Waals surface area contributed by atoms with Gasteiger partial charge in [0, 0.05) is 28.9 Å². The summed E-state index contributed by atoms with van der Waals surface area (Å²) < 4.78 is 10.8. The monoisotopic (exact) mass is 440 g/mol. The van der Waals surface area contributed by atoms with Crippen LogP contribution in [0.1, 0.15) is 11.1 Å². The molecule has 0 aliphatic heterocycles. The highest BCUT2D eigenvalue weighted by Crippen LogP contribution is 2.34. The van der Waals surface area contributed by atoms with E-state index in [4.69, 9.17) is 9.47 Å². The van der Waals surface area contributed by atoms with Gasteiger partial charge in [-0.3, -0.25) is 4.79 Å². The van der Waals surface area contributed by atoms with Crippen LogP contribution in [-0.4, -0.2) is 30.1 Å². The largest absolute Gasteiger partial charge is 0.493 e. The molecular weight excluding hydrogens is 416 g/mol. The third-order valence-electron chi connectivity index (χ3n) is 5.14. The number of ether oxygens (including phenoxy) is 2. The summed E-state index contributed by atoms with van der Waals surface area (Å²) >= 11 is 0. The molecule has 0 aliphatic carbocycles. The minimum atomic E-state index is -0.177. The van der Waals surface area contributed by atoms with Gasteiger partial charge in [-0.25, -0.2) is 9.97 Å². The fourth-order valence-corrected chi connectivity index (χ4v) is 3.36. The molecule has 7 nitrogen and oxygen atoms in total. The van der Waals surface area contributed by atoms with Crippen molar-refractivity contribution < 1.29 is 14.3 Å². The number of benzene rings is 3. The number of rotatable bonds is 7. The van der Waals surface area contributed by atoms with Gasteiger partial charge < -0.3 is 20.1 Å². The van der Waals surface area contributed by atoms with Gasteiger partial charge in [-0.05, 0) is 48.4 Å². The van der Waals surface area contributed by atoms with E-state index in [9.17, 15) is 4.79 Å². The summed E-state index contributed by atoms with van der Waals surface area (Å²) in [5, 5.41) is 7.02. The van der Waals surface area contributed by atoms with Crippen LogP contribution in [-0.2, 0) is 4.79 Å². The van der Waals surface area contributed by atoms with E-state index in [0.717, 1.165) is 33.4 Å². The van der Waals surface area contributed by atoms with Crippen LogP contribution < -0.4 is 20.1 Å². The molecule has 1 heterocycles. The number of anilines is 3. The van der Waals surface area contributed by atoms with Gasteiger partial charge in [0.1, 0.15) is 12.1 Å². The van der Waals surface area contributed by atoms with E-state index in [1.54, 1.807) is 20.3 Å². The number of carbonyl (C=O) groups is 1. The predicted octanol–water partition coefficient (Wildman–Crippen LogP) is 5.35. The number of hydrogen-bond donors (Lipinski definition) is 2. The number of aryl methyl sites for hydroxylation is 1. The van der Waals surface area contributed by atoms with Gasteiger partial charge in [0.05, 0.1) is 19.7 Å². The van der Waals surface area contributed by atoms with Crippen molar-refractivity contribution in [2.45, 2.75) is 6.92 Å². The second-order valence-corrected chi connectivity index (χ2v) is 7.33. The fraction of sp³-hybridized carbons (Fsp3) is 0.115. The second-order valence-electron chi connectivity index (χ2n) is 7.33. The Balaban J connectivity index is 1.48. The lowest BCUT2D eigenvalue weighted by molar-refractivity contribution is -0.111. The third-order valence-corrected chi connectivity index (χ3v) is 5.14. The maximum atomic E-state index is 12.2. The van der Waals surface area contributed by atoms with E-state index >= 15 is 0 Å². The maximum Gasteiger partial charge on any atom is 0.248 e. The van der Waals surface area contributed by atoms with E-state index in [2.05, 4.69) is 20.6 Å². The van der Waals surface area contributed by atoms with Gasteiger partial charge in [0.25, 0.3) is 0 Å². The molecule has 0 saturated carbocycles. The number of fused-ring (bicyclic) bond motifs is 1. The van der Waals surface area contributed by atoms with E-state index in [0.29, 0.717) is 17.3 Å². The lowest BCUT2D eigenvalue weighted by Gasteiger charge is -2.12. The zero-order chi connectivity index (χ0) is 23.2. The first-order valence-electron chi connectivity index (χ1n) is 10.4. The highest BCUT2D eigenvalue weighted by atomic mass is 16.5. The summed E-state index contributed by atoms with van der Waals surface area (Å²) in [7, 11) is 3.18. The van der Waals surface area contributed by atoms with Gasteiger partial charge in [-0.2, -0.15) is 0 Å². The Morgan fingerprint density at radius 1 is 0.939 bits per heavy atom. The molecule has 1 aromatic heterocycles. The van der Waals surface area contributed by atoms with Crippen LogP contribution in [0.25, 0.3) is 17.0 Å². The van der Waals surface area contributed by atoms with Crippen LogP contribution in [0.5, 0.6) is 11.5 Å². The van der Waals surface area contributed by atoms with Crippen LogP contribution in [0.15, 0.2) is 73.1 Å². The van der Waals surface area contributed by atoms with E-state index < -0.39 is 0 Å². The van der Waals surface area contributed by atoms with Crippen LogP contribution in [0.4, 0.5) is 17.2 Å². The maximum absolute atomic E-state index is 12.2. The minimum absolute atomic E-state index is 0.177. The minimum Gasteiger partial charge on any atom is -0.493 e. The van der Waals surface area contributed by atoms with E-state index in [1.807, 2.05) is 67.6 Å². The summed E-state index contributed by atoms with van der Waals surface area (Å²) in [5.74, 6) is 1.69. The molecule has 0 bridgehead atoms. The Kier molecular flexibility index (Phi) is 6.50. The predicted molar refractivity (Wildman–Crippen MR) is 131 cm³/mol. The molecule has 4 aromatic rings. The number of amides is 1. The van der Waals surface area contributed by atoms with Crippen molar-refractivity contribution in [2.75, 3.05) is 24.9 Å². The van der Waals surface area contributed by atoms with Gasteiger partial charge in [0.2, 0.25) is 5.91 Å². The van der Waals surface area contributed by atoms with Crippen LogP contribution >= 0.6 is 0 Å². The summed E-state index contributed by atoms with van der Waals surface area (Å²) in [6.07, 6.45) is 4.79. The molecule has 4 rings (SSSR count). The Hall–Kier alpha value is -4.39. The Morgan fingerprint density at radius 3 is 2.39 bits per heavy atom. The molecule has 0 radical (unpaired) electrons. The summed E-state index contributed by atoms with van der Waals surface area (Å²) in [4.78, 5) is 20.9. The number of aromatic nitrogens is 2. The number of para-hydroxylation sites is 1. The van der Waals surface area contributed by atoms with Crippen molar-refractivity contribution in [1.29, 1.82) is 0 Å². The number of nitrogens with one attached hydrogen (secondary N) is 2.